The van der Waals surface area contributed by atoms with Gasteiger partial charge < -0.3 is 15.7 Å². The van der Waals surface area contributed by atoms with Crippen molar-refractivity contribution in [2.45, 2.75) is 45.7 Å². The Labute approximate surface area is 156 Å². The molecule has 1 aliphatic rings. The first kappa shape index (κ1) is 19.0. The molecule has 0 aliphatic heterocycles. The van der Waals surface area contributed by atoms with Crippen LogP contribution < -0.4 is 10.6 Å². The highest BCUT2D eigenvalue weighted by atomic mass is 19.1. The number of carbonyl (C=O) groups is 2. The van der Waals surface area contributed by atoms with Crippen molar-refractivity contribution in [1.29, 1.82) is 0 Å². The molecule has 0 radical (unpaired) electrons. The summed E-state index contributed by atoms with van der Waals surface area (Å²) < 4.78 is 15.6. The molecule has 27 heavy (non-hydrogen) atoms. The van der Waals surface area contributed by atoms with Gasteiger partial charge in [0, 0.05) is 23.8 Å². The van der Waals surface area contributed by atoms with Crippen LogP contribution in [-0.4, -0.2) is 39.4 Å². The summed E-state index contributed by atoms with van der Waals surface area (Å²) in [5.41, 5.74) is 2.71. The zero-order valence-corrected chi connectivity index (χ0v) is 15.4. The average molecular weight is 374 g/mol. The molecule has 0 saturated heterocycles. The molecule has 1 aliphatic carbocycles. The van der Waals surface area contributed by atoms with E-state index in [4.69, 9.17) is 0 Å². The van der Waals surface area contributed by atoms with Crippen LogP contribution >= 0.6 is 0 Å². The standard InChI is InChI=1S/C19H23FN4O3/c1-3-24-16-7-5-12(9-13(16)18(23-24)19(26)27)21-10-17(25)22-15-6-4-11(2)8-14(15)20/h4,6,8,12,21H,3,5,7,9-10H2,1-2H3,(H,22,25)(H,26,27)/t12-/m0/s1. The zero-order valence-electron chi connectivity index (χ0n) is 15.4. The molecule has 1 aromatic heterocycles. The molecule has 144 valence electrons. The summed E-state index contributed by atoms with van der Waals surface area (Å²) >= 11 is 0. The van der Waals surface area contributed by atoms with Crippen molar-refractivity contribution >= 4 is 17.6 Å². The van der Waals surface area contributed by atoms with E-state index in [0.717, 1.165) is 23.2 Å². The molecule has 1 amide bonds. The number of amides is 1. The highest BCUT2D eigenvalue weighted by Crippen LogP contribution is 2.25. The quantitative estimate of drug-likeness (QED) is 0.720. The maximum Gasteiger partial charge on any atom is 0.356 e. The van der Waals surface area contributed by atoms with Crippen molar-refractivity contribution in [3.05, 3.63) is 46.5 Å². The van der Waals surface area contributed by atoms with Crippen molar-refractivity contribution in [1.82, 2.24) is 15.1 Å². The number of nitrogens with zero attached hydrogens (tertiary/aromatic N) is 2. The molecule has 0 unspecified atom stereocenters. The summed E-state index contributed by atoms with van der Waals surface area (Å²) in [5.74, 6) is -1.85. The molecule has 1 atom stereocenters. The molecule has 0 fully saturated rings. The number of rotatable bonds is 6. The largest absolute Gasteiger partial charge is 0.476 e. The van der Waals surface area contributed by atoms with E-state index in [1.165, 1.54) is 12.1 Å². The predicted octanol–water partition coefficient (Wildman–Crippen LogP) is 2.13. The number of aromatic carboxylic acids is 1. The Balaban J connectivity index is 1.61. The van der Waals surface area contributed by atoms with Crippen LogP contribution in [0.25, 0.3) is 0 Å². The third kappa shape index (κ3) is 4.16. The van der Waals surface area contributed by atoms with Gasteiger partial charge in [-0.2, -0.15) is 5.10 Å². The molecular formula is C19H23FN4O3. The number of halogens is 1. The van der Waals surface area contributed by atoms with Gasteiger partial charge in [-0.1, -0.05) is 6.07 Å². The Bertz CT molecular complexity index is 878. The number of hydrogen-bond acceptors (Lipinski definition) is 4. The van der Waals surface area contributed by atoms with Crippen molar-refractivity contribution in [2.24, 2.45) is 0 Å². The van der Waals surface area contributed by atoms with Gasteiger partial charge in [-0.3, -0.25) is 9.48 Å². The van der Waals surface area contributed by atoms with Gasteiger partial charge in [0.1, 0.15) is 5.82 Å². The van der Waals surface area contributed by atoms with Gasteiger partial charge in [0.05, 0.1) is 12.2 Å². The molecule has 0 spiro atoms. The fraction of sp³-hybridized carbons (Fsp3) is 0.421. The maximum atomic E-state index is 13.8. The van der Waals surface area contributed by atoms with Crippen molar-refractivity contribution in [3.8, 4) is 0 Å². The van der Waals surface area contributed by atoms with E-state index in [1.807, 2.05) is 6.92 Å². The van der Waals surface area contributed by atoms with Crippen LogP contribution in [0.1, 0.15) is 40.7 Å². The predicted molar refractivity (Wildman–Crippen MR) is 98.4 cm³/mol. The average Bonchev–Trinajstić information content (AvgIpc) is 3.00. The highest BCUT2D eigenvalue weighted by molar-refractivity contribution is 5.92. The molecule has 7 nitrogen and oxygen atoms in total. The topological polar surface area (TPSA) is 96.2 Å². The van der Waals surface area contributed by atoms with Crippen LogP contribution in [0.15, 0.2) is 18.2 Å². The minimum Gasteiger partial charge on any atom is -0.476 e. The number of anilines is 1. The molecule has 3 rings (SSSR count). The van der Waals surface area contributed by atoms with E-state index in [2.05, 4.69) is 15.7 Å². The first-order valence-electron chi connectivity index (χ1n) is 9.00. The Morgan fingerprint density at radius 1 is 1.41 bits per heavy atom. The number of fused-ring (bicyclic) bond motifs is 1. The Hall–Kier alpha value is -2.74. The van der Waals surface area contributed by atoms with Crippen LogP contribution in [0, 0.1) is 12.7 Å². The Kier molecular flexibility index (Phi) is 5.55. The number of aromatic nitrogens is 2. The molecule has 0 bridgehead atoms. The lowest BCUT2D eigenvalue weighted by molar-refractivity contribution is -0.115. The monoisotopic (exact) mass is 374 g/mol. The summed E-state index contributed by atoms with van der Waals surface area (Å²) in [6.07, 6.45) is 1.99. The van der Waals surface area contributed by atoms with Gasteiger partial charge in [-0.05, 0) is 50.8 Å². The van der Waals surface area contributed by atoms with Crippen LogP contribution in [0.4, 0.5) is 10.1 Å². The maximum absolute atomic E-state index is 13.8. The van der Waals surface area contributed by atoms with Gasteiger partial charge in [0.25, 0.3) is 0 Å². The number of carboxylic acids is 1. The summed E-state index contributed by atoms with van der Waals surface area (Å²) in [6, 6.07) is 4.60. The number of carboxylic acid groups (broad SMARTS) is 1. The molecule has 8 heteroatoms. The fourth-order valence-electron chi connectivity index (χ4n) is 3.45. The first-order chi connectivity index (χ1) is 12.9. The first-order valence-corrected chi connectivity index (χ1v) is 9.00. The SMILES string of the molecule is CCn1nc(C(=O)O)c2c1CC[C@H](NCC(=O)Nc1ccc(C)cc1F)C2. The minimum atomic E-state index is -1.04. The van der Waals surface area contributed by atoms with E-state index in [1.54, 1.807) is 17.7 Å². The second-order valence-electron chi connectivity index (χ2n) is 6.75. The third-order valence-electron chi connectivity index (χ3n) is 4.80. The number of benzene rings is 1. The lowest BCUT2D eigenvalue weighted by Gasteiger charge is -2.24. The minimum absolute atomic E-state index is 0.0254. The van der Waals surface area contributed by atoms with Gasteiger partial charge >= 0.3 is 5.97 Å². The Morgan fingerprint density at radius 3 is 2.85 bits per heavy atom. The van der Waals surface area contributed by atoms with Gasteiger partial charge in [0.15, 0.2) is 5.69 Å². The van der Waals surface area contributed by atoms with Gasteiger partial charge in [-0.25, -0.2) is 9.18 Å². The van der Waals surface area contributed by atoms with E-state index in [0.29, 0.717) is 19.4 Å². The van der Waals surface area contributed by atoms with E-state index >= 15 is 0 Å². The van der Waals surface area contributed by atoms with Crippen molar-refractivity contribution < 1.29 is 19.1 Å². The molecular weight excluding hydrogens is 351 g/mol. The highest BCUT2D eigenvalue weighted by Gasteiger charge is 2.28. The number of hydrogen-bond donors (Lipinski definition) is 3. The zero-order chi connectivity index (χ0) is 19.6. The smallest absolute Gasteiger partial charge is 0.356 e. The van der Waals surface area contributed by atoms with E-state index in [9.17, 15) is 19.1 Å². The number of aryl methyl sites for hydroxylation is 2. The lowest BCUT2D eigenvalue weighted by atomic mass is 9.91. The number of carbonyl (C=O) groups excluding carboxylic acids is 1. The normalized spacial score (nSPS) is 16.0. The second kappa shape index (κ2) is 7.87. The number of nitrogens with one attached hydrogen (secondary N) is 2. The summed E-state index contributed by atoms with van der Waals surface area (Å²) in [7, 11) is 0. The summed E-state index contributed by atoms with van der Waals surface area (Å²) in [6.45, 7) is 4.35. The van der Waals surface area contributed by atoms with Crippen LogP contribution in [0.5, 0.6) is 0 Å². The van der Waals surface area contributed by atoms with Crippen LogP contribution in [0.3, 0.4) is 0 Å². The van der Waals surface area contributed by atoms with Crippen LogP contribution in [-0.2, 0) is 24.2 Å². The molecule has 3 N–H and O–H groups in total. The van der Waals surface area contributed by atoms with E-state index < -0.39 is 11.8 Å². The lowest BCUT2D eigenvalue weighted by Crippen LogP contribution is -2.40. The molecule has 1 heterocycles. The summed E-state index contributed by atoms with van der Waals surface area (Å²) in [4.78, 5) is 23.6. The van der Waals surface area contributed by atoms with Crippen LogP contribution in [0.2, 0.25) is 0 Å². The van der Waals surface area contributed by atoms with Gasteiger partial charge in [0.2, 0.25) is 5.91 Å². The van der Waals surface area contributed by atoms with Gasteiger partial charge in [-0.15, -0.1) is 0 Å². The fourth-order valence-corrected chi connectivity index (χ4v) is 3.45. The van der Waals surface area contributed by atoms with Crippen molar-refractivity contribution in [3.63, 3.8) is 0 Å². The van der Waals surface area contributed by atoms with E-state index in [-0.39, 0.29) is 29.9 Å². The molecule has 2 aromatic rings. The third-order valence-corrected chi connectivity index (χ3v) is 4.80. The molecule has 0 saturated carbocycles. The molecule has 1 aromatic carbocycles. The Morgan fingerprint density at radius 2 is 2.19 bits per heavy atom. The van der Waals surface area contributed by atoms with Crippen molar-refractivity contribution in [2.75, 3.05) is 11.9 Å². The second-order valence-corrected chi connectivity index (χ2v) is 6.75. The summed E-state index contributed by atoms with van der Waals surface area (Å²) in [5, 5.41) is 19.2.